The number of anilines is 1. The van der Waals surface area contributed by atoms with Crippen molar-refractivity contribution in [1.29, 1.82) is 0 Å². The Balaban J connectivity index is 1.74. The predicted octanol–water partition coefficient (Wildman–Crippen LogP) is 4.16. The number of hydrogen-bond acceptors (Lipinski definition) is 5. The number of nitrogens with one attached hydrogen (secondary N) is 1. The van der Waals surface area contributed by atoms with E-state index < -0.39 is 40.0 Å². The minimum absolute atomic E-state index is 0.0493. The SMILES string of the molecule is CN(CC(=O)Nc1ccc(Cl)c(C(F)(F)F)c1)C(=O)c1ccc(-n2ccnc2)c([N+](=O)[O-])c1. The lowest BCUT2D eigenvalue weighted by atomic mass is 10.1. The maximum absolute atomic E-state index is 13.0. The van der Waals surface area contributed by atoms with Gasteiger partial charge in [-0.25, -0.2) is 4.98 Å². The van der Waals surface area contributed by atoms with Crippen LogP contribution < -0.4 is 5.32 Å². The van der Waals surface area contributed by atoms with Gasteiger partial charge in [0.15, 0.2) is 0 Å². The van der Waals surface area contributed by atoms with Gasteiger partial charge < -0.3 is 14.8 Å². The molecule has 0 fully saturated rings. The molecular formula is C20H15ClF3N5O4. The molecule has 1 aromatic heterocycles. The standard InChI is InChI=1S/C20H15ClF3N5O4/c1-27(10-18(30)26-13-3-4-15(21)14(9-13)20(22,23)24)19(31)12-2-5-16(17(8-12)29(32)33)28-7-6-25-11-28/h2-9,11H,10H2,1H3,(H,26,30). The van der Waals surface area contributed by atoms with E-state index in [1.807, 2.05) is 0 Å². The van der Waals surface area contributed by atoms with Gasteiger partial charge in [-0.3, -0.25) is 19.7 Å². The molecule has 3 aromatic rings. The number of amides is 2. The van der Waals surface area contributed by atoms with E-state index in [0.29, 0.717) is 6.07 Å². The monoisotopic (exact) mass is 481 g/mol. The fraction of sp³-hybridized carbons (Fsp3) is 0.150. The van der Waals surface area contributed by atoms with Crippen molar-refractivity contribution >= 4 is 34.8 Å². The normalized spacial score (nSPS) is 11.2. The number of aromatic nitrogens is 2. The van der Waals surface area contributed by atoms with Gasteiger partial charge >= 0.3 is 6.18 Å². The van der Waals surface area contributed by atoms with Crippen molar-refractivity contribution in [2.45, 2.75) is 6.18 Å². The summed E-state index contributed by atoms with van der Waals surface area (Å²) in [7, 11) is 1.28. The van der Waals surface area contributed by atoms with E-state index in [-0.39, 0.29) is 22.6 Å². The summed E-state index contributed by atoms with van der Waals surface area (Å²) in [5, 5.41) is 13.2. The highest BCUT2D eigenvalue weighted by atomic mass is 35.5. The number of nitro groups is 1. The highest BCUT2D eigenvalue weighted by Crippen LogP contribution is 2.36. The minimum atomic E-state index is -4.71. The number of benzene rings is 2. The fourth-order valence-electron chi connectivity index (χ4n) is 2.95. The highest BCUT2D eigenvalue weighted by molar-refractivity contribution is 6.31. The molecule has 0 atom stereocenters. The molecule has 0 unspecified atom stereocenters. The number of nitro benzene ring substituents is 1. The lowest BCUT2D eigenvalue weighted by Crippen LogP contribution is -2.35. The van der Waals surface area contributed by atoms with Crippen LogP contribution in [-0.2, 0) is 11.0 Å². The van der Waals surface area contributed by atoms with Crippen LogP contribution in [-0.4, -0.2) is 44.8 Å². The van der Waals surface area contributed by atoms with Crippen molar-refractivity contribution in [2.75, 3.05) is 18.9 Å². The molecule has 9 nitrogen and oxygen atoms in total. The van der Waals surface area contributed by atoms with Crippen LogP contribution in [0.2, 0.25) is 5.02 Å². The largest absolute Gasteiger partial charge is 0.417 e. The van der Waals surface area contributed by atoms with Crippen molar-refractivity contribution in [3.05, 3.63) is 81.4 Å². The third-order valence-electron chi connectivity index (χ3n) is 4.48. The van der Waals surface area contributed by atoms with E-state index in [0.717, 1.165) is 17.0 Å². The minimum Gasteiger partial charge on any atom is -0.332 e. The lowest BCUT2D eigenvalue weighted by molar-refractivity contribution is -0.384. The Morgan fingerprint density at radius 2 is 1.97 bits per heavy atom. The average molecular weight is 482 g/mol. The zero-order chi connectivity index (χ0) is 24.3. The second-order valence-corrected chi connectivity index (χ2v) is 7.24. The van der Waals surface area contributed by atoms with E-state index in [1.54, 1.807) is 0 Å². The first-order valence-corrected chi connectivity index (χ1v) is 9.54. The summed E-state index contributed by atoms with van der Waals surface area (Å²) in [6.45, 7) is -0.514. The molecule has 0 saturated heterocycles. The molecule has 0 radical (unpaired) electrons. The Hall–Kier alpha value is -3.93. The number of halogens is 4. The zero-order valence-corrected chi connectivity index (χ0v) is 17.6. The molecule has 172 valence electrons. The second kappa shape index (κ2) is 9.28. The number of hydrogen-bond donors (Lipinski definition) is 1. The lowest BCUT2D eigenvalue weighted by Gasteiger charge is -2.18. The number of rotatable bonds is 6. The van der Waals surface area contributed by atoms with Crippen LogP contribution in [0.15, 0.2) is 55.1 Å². The summed E-state index contributed by atoms with van der Waals surface area (Å²) < 4.78 is 40.3. The average Bonchev–Trinajstić information content (AvgIpc) is 3.28. The molecule has 3 rings (SSSR count). The van der Waals surface area contributed by atoms with Crippen LogP contribution in [0.25, 0.3) is 5.69 Å². The Kier molecular flexibility index (Phi) is 6.68. The molecule has 0 saturated carbocycles. The summed E-state index contributed by atoms with van der Waals surface area (Å²) in [6, 6.07) is 6.66. The molecule has 0 aliphatic rings. The number of imidazole rings is 1. The molecular weight excluding hydrogens is 467 g/mol. The van der Waals surface area contributed by atoms with Gasteiger partial charge in [-0.1, -0.05) is 11.6 Å². The van der Waals surface area contributed by atoms with Crippen LogP contribution in [0, 0.1) is 10.1 Å². The Morgan fingerprint density at radius 1 is 1.24 bits per heavy atom. The number of carbonyl (C=O) groups is 2. The van der Waals surface area contributed by atoms with Crippen molar-refractivity contribution in [3.8, 4) is 5.69 Å². The summed E-state index contributed by atoms with van der Waals surface area (Å²) in [6.07, 6.45) is -0.405. The molecule has 2 aromatic carbocycles. The van der Waals surface area contributed by atoms with Gasteiger partial charge in [0.25, 0.3) is 11.6 Å². The zero-order valence-electron chi connectivity index (χ0n) is 16.8. The molecule has 0 aliphatic heterocycles. The quantitative estimate of drug-likeness (QED) is 0.420. The Bertz CT molecular complexity index is 1210. The smallest absolute Gasteiger partial charge is 0.332 e. The number of nitrogens with zero attached hydrogens (tertiary/aromatic N) is 4. The van der Waals surface area contributed by atoms with Crippen molar-refractivity contribution < 1.29 is 27.7 Å². The van der Waals surface area contributed by atoms with E-state index in [1.165, 1.54) is 48.5 Å². The van der Waals surface area contributed by atoms with Gasteiger partial charge in [-0.2, -0.15) is 13.2 Å². The number of likely N-dealkylation sites (N-methyl/N-ethyl adjacent to an activating group) is 1. The summed E-state index contributed by atoms with van der Waals surface area (Å²) in [5.41, 5.74) is -1.48. The number of carbonyl (C=O) groups excluding carboxylic acids is 2. The van der Waals surface area contributed by atoms with Crippen molar-refractivity contribution in [2.24, 2.45) is 0 Å². The Labute approximate surface area is 189 Å². The maximum Gasteiger partial charge on any atom is 0.417 e. The molecule has 1 N–H and O–H groups in total. The van der Waals surface area contributed by atoms with Gasteiger partial charge in [0.05, 0.1) is 28.4 Å². The molecule has 13 heteroatoms. The third-order valence-corrected chi connectivity index (χ3v) is 4.81. The van der Waals surface area contributed by atoms with Gasteiger partial charge in [-0.05, 0) is 30.3 Å². The van der Waals surface area contributed by atoms with Crippen molar-refractivity contribution in [3.63, 3.8) is 0 Å². The van der Waals surface area contributed by atoms with Gasteiger partial charge in [0, 0.05) is 36.8 Å². The van der Waals surface area contributed by atoms with Crippen LogP contribution in [0.4, 0.5) is 24.5 Å². The third kappa shape index (κ3) is 5.47. The van der Waals surface area contributed by atoms with Crippen LogP contribution in [0.1, 0.15) is 15.9 Å². The molecule has 2 amide bonds. The van der Waals surface area contributed by atoms with E-state index >= 15 is 0 Å². The maximum atomic E-state index is 13.0. The number of alkyl halides is 3. The van der Waals surface area contributed by atoms with Gasteiger partial charge in [-0.15, -0.1) is 0 Å². The second-order valence-electron chi connectivity index (χ2n) is 6.83. The molecule has 1 heterocycles. The highest BCUT2D eigenvalue weighted by Gasteiger charge is 2.33. The van der Waals surface area contributed by atoms with Gasteiger partial charge in [0.1, 0.15) is 5.69 Å². The van der Waals surface area contributed by atoms with Crippen LogP contribution >= 0.6 is 11.6 Å². The van der Waals surface area contributed by atoms with E-state index in [4.69, 9.17) is 11.6 Å². The Morgan fingerprint density at radius 3 is 2.58 bits per heavy atom. The van der Waals surface area contributed by atoms with Crippen molar-refractivity contribution in [1.82, 2.24) is 14.5 Å². The first-order valence-electron chi connectivity index (χ1n) is 9.16. The molecule has 33 heavy (non-hydrogen) atoms. The summed E-state index contributed by atoms with van der Waals surface area (Å²) in [4.78, 5) is 40.5. The molecule has 0 aliphatic carbocycles. The van der Waals surface area contributed by atoms with Gasteiger partial charge in [0.2, 0.25) is 5.91 Å². The fourth-order valence-corrected chi connectivity index (χ4v) is 3.18. The molecule has 0 bridgehead atoms. The first-order chi connectivity index (χ1) is 15.5. The van der Waals surface area contributed by atoms with E-state index in [9.17, 15) is 32.9 Å². The van der Waals surface area contributed by atoms with Crippen LogP contribution in [0.3, 0.4) is 0 Å². The summed E-state index contributed by atoms with van der Waals surface area (Å²) in [5.74, 6) is -1.47. The van der Waals surface area contributed by atoms with E-state index in [2.05, 4.69) is 10.3 Å². The molecule has 0 spiro atoms. The predicted molar refractivity (Wildman–Crippen MR) is 112 cm³/mol. The summed E-state index contributed by atoms with van der Waals surface area (Å²) >= 11 is 5.55. The topological polar surface area (TPSA) is 110 Å². The first kappa shape index (κ1) is 23.7. The van der Waals surface area contributed by atoms with Crippen LogP contribution in [0.5, 0.6) is 0 Å².